The highest BCUT2D eigenvalue weighted by Gasteiger charge is 2.31. The molecule has 0 radical (unpaired) electrons. The van der Waals surface area contributed by atoms with Crippen LogP contribution < -0.4 is 10.2 Å². The number of para-hydroxylation sites is 2. The smallest absolute Gasteiger partial charge is 0.193 e. The maximum Gasteiger partial charge on any atom is 0.193 e. The lowest BCUT2D eigenvalue weighted by molar-refractivity contribution is 0.124. The first kappa shape index (κ1) is 21.0. The minimum atomic E-state index is 0.356. The molecule has 0 bridgehead atoms. The van der Waals surface area contributed by atoms with E-state index in [9.17, 15) is 5.11 Å². The average Bonchev–Trinajstić information content (AvgIpc) is 3.29. The summed E-state index contributed by atoms with van der Waals surface area (Å²) < 4.78 is 0. The van der Waals surface area contributed by atoms with Crippen LogP contribution in [-0.2, 0) is 0 Å². The van der Waals surface area contributed by atoms with Crippen LogP contribution in [0.25, 0.3) is 0 Å². The normalized spacial score (nSPS) is 23.6. The van der Waals surface area contributed by atoms with Crippen LogP contribution >= 0.6 is 11.3 Å². The van der Waals surface area contributed by atoms with Crippen molar-refractivity contribution in [3.63, 3.8) is 0 Å². The number of phenolic OH excluding ortho intramolecular Hbond substituents is 1. The zero-order valence-electron chi connectivity index (χ0n) is 18.0. The van der Waals surface area contributed by atoms with E-state index in [2.05, 4.69) is 49.6 Å². The number of piperidine rings is 1. The van der Waals surface area contributed by atoms with E-state index in [1.165, 1.54) is 24.3 Å². The summed E-state index contributed by atoms with van der Waals surface area (Å²) in [5.41, 5.74) is 0.920. The number of phenols is 1. The van der Waals surface area contributed by atoms with Gasteiger partial charge >= 0.3 is 0 Å². The Morgan fingerprint density at radius 3 is 2.63 bits per heavy atom. The number of hydrogen-bond acceptors (Lipinski definition) is 5. The Bertz CT molecular complexity index is 832. The van der Waals surface area contributed by atoms with E-state index in [1.807, 2.05) is 36.6 Å². The highest BCUT2D eigenvalue weighted by atomic mass is 32.1. The van der Waals surface area contributed by atoms with E-state index in [-0.39, 0.29) is 0 Å². The second-order valence-corrected chi connectivity index (χ2v) is 9.21. The summed E-state index contributed by atoms with van der Waals surface area (Å²) in [5, 5.41) is 16.0. The number of thiophene rings is 1. The Hall–Kier alpha value is -2.25. The van der Waals surface area contributed by atoms with Gasteiger partial charge in [0, 0.05) is 50.7 Å². The molecule has 3 heterocycles. The molecule has 2 aromatic rings. The minimum Gasteiger partial charge on any atom is -0.506 e. The Morgan fingerprint density at radius 1 is 1.13 bits per heavy atom. The molecule has 0 spiro atoms. The molecule has 2 aliphatic heterocycles. The Morgan fingerprint density at radius 2 is 1.93 bits per heavy atom. The first-order valence-electron chi connectivity index (χ1n) is 10.9. The number of benzene rings is 1. The molecule has 1 aromatic heterocycles. The third-order valence-electron chi connectivity index (χ3n) is 6.38. The molecule has 6 nitrogen and oxygen atoms in total. The number of likely N-dealkylation sites (tertiary alicyclic amines) is 1. The molecule has 7 heteroatoms. The lowest BCUT2D eigenvalue weighted by Crippen LogP contribution is -2.53. The van der Waals surface area contributed by atoms with Crippen molar-refractivity contribution in [2.75, 3.05) is 58.3 Å². The summed E-state index contributed by atoms with van der Waals surface area (Å²) in [5.74, 6) is 1.93. The fourth-order valence-electron chi connectivity index (χ4n) is 4.83. The van der Waals surface area contributed by atoms with Crippen LogP contribution in [0.5, 0.6) is 5.75 Å². The van der Waals surface area contributed by atoms with Crippen molar-refractivity contribution >= 4 is 23.0 Å². The summed E-state index contributed by atoms with van der Waals surface area (Å²) >= 11 is 1.87. The molecule has 2 aliphatic rings. The van der Waals surface area contributed by atoms with Crippen LogP contribution in [0.3, 0.4) is 0 Å². The van der Waals surface area contributed by atoms with Gasteiger partial charge in [0.2, 0.25) is 0 Å². The number of aliphatic imine (C=N–C) groups is 1. The van der Waals surface area contributed by atoms with Gasteiger partial charge in [-0.25, -0.2) is 0 Å². The summed E-state index contributed by atoms with van der Waals surface area (Å²) in [4.78, 5) is 13.1. The van der Waals surface area contributed by atoms with Crippen LogP contribution in [0.15, 0.2) is 46.8 Å². The SMILES string of the molecule is CN=C(NCC1CCCN(C)C1c1cccs1)N1CCN(c2ccccc2O)CC1. The zero-order chi connectivity index (χ0) is 20.9. The molecule has 0 amide bonds. The Kier molecular flexibility index (Phi) is 6.79. The van der Waals surface area contributed by atoms with Crippen molar-refractivity contribution in [3.05, 3.63) is 46.7 Å². The van der Waals surface area contributed by atoms with Crippen molar-refractivity contribution in [2.45, 2.75) is 18.9 Å². The predicted molar refractivity (Wildman–Crippen MR) is 126 cm³/mol. The van der Waals surface area contributed by atoms with Crippen molar-refractivity contribution in [2.24, 2.45) is 10.9 Å². The Labute approximate surface area is 183 Å². The van der Waals surface area contributed by atoms with Crippen LogP contribution in [0.1, 0.15) is 23.8 Å². The average molecular weight is 428 g/mol. The monoisotopic (exact) mass is 427 g/mol. The van der Waals surface area contributed by atoms with Gasteiger partial charge in [-0.3, -0.25) is 9.89 Å². The second-order valence-electron chi connectivity index (χ2n) is 8.23. The molecule has 2 unspecified atom stereocenters. The zero-order valence-corrected chi connectivity index (χ0v) is 18.8. The molecular weight excluding hydrogens is 394 g/mol. The van der Waals surface area contributed by atoms with Gasteiger partial charge in [-0.05, 0) is 55.9 Å². The Balaban J connectivity index is 1.34. The molecular formula is C23H33N5OS. The van der Waals surface area contributed by atoms with E-state index in [4.69, 9.17) is 0 Å². The summed E-state index contributed by atoms with van der Waals surface area (Å²) in [7, 11) is 4.13. The number of aromatic hydroxyl groups is 1. The quantitative estimate of drug-likeness (QED) is 0.580. The lowest BCUT2D eigenvalue weighted by atomic mass is 9.88. The summed E-state index contributed by atoms with van der Waals surface area (Å²) in [6.07, 6.45) is 2.50. The summed E-state index contributed by atoms with van der Waals surface area (Å²) in [6.45, 7) is 5.66. The van der Waals surface area contributed by atoms with Gasteiger partial charge in [0.15, 0.2) is 5.96 Å². The van der Waals surface area contributed by atoms with Crippen molar-refractivity contribution in [1.82, 2.24) is 15.1 Å². The molecule has 30 heavy (non-hydrogen) atoms. The topological polar surface area (TPSA) is 54.3 Å². The van der Waals surface area contributed by atoms with E-state index >= 15 is 0 Å². The van der Waals surface area contributed by atoms with Crippen molar-refractivity contribution in [3.8, 4) is 5.75 Å². The molecule has 2 atom stereocenters. The van der Waals surface area contributed by atoms with Crippen LogP contribution in [-0.4, -0.2) is 74.2 Å². The molecule has 1 aromatic carbocycles. The van der Waals surface area contributed by atoms with E-state index in [0.717, 1.165) is 44.4 Å². The minimum absolute atomic E-state index is 0.356. The third kappa shape index (κ3) is 4.57. The number of nitrogens with one attached hydrogen (secondary N) is 1. The van der Waals surface area contributed by atoms with Crippen LogP contribution in [0.4, 0.5) is 5.69 Å². The van der Waals surface area contributed by atoms with E-state index in [1.54, 1.807) is 6.07 Å². The van der Waals surface area contributed by atoms with Gasteiger partial charge in [0.25, 0.3) is 0 Å². The summed E-state index contributed by atoms with van der Waals surface area (Å²) in [6, 6.07) is 12.5. The highest BCUT2D eigenvalue weighted by Crippen LogP contribution is 2.36. The molecule has 2 N–H and O–H groups in total. The van der Waals surface area contributed by atoms with Crippen molar-refractivity contribution < 1.29 is 5.11 Å². The fourth-order valence-corrected chi connectivity index (χ4v) is 5.81. The van der Waals surface area contributed by atoms with Gasteiger partial charge in [-0.2, -0.15) is 0 Å². The number of hydrogen-bond donors (Lipinski definition) is 2. The highest BCUT2D eigenvalue weighted by molar-refractivity contribution is 7.10. The van der Waals surface area contributed by atoms with Crippen LogP contribution in [0.2, 0.25) is 0 Å². The molecule has 162 valence electrons. The maximum atomic E-state index is 10.1. The number of nitrogens with zero attached hydrogens (tertiary/aromatic N) is 4. The molecule has 2 fully saturated rings. The maximum absolute atomic E-state index is 10.1. The van der Waals surface area contributed by atoms with Gasteiger partial charge in [-0.15, -0.1) is 11.3 Å². The lowest BCUT2D eigenvalue weighted by Gasteiger charge is -2.41. The standard InChI is InChI=1S/C23H33N5OS/c1-24-23(28-14-12-27(13-15-28)19-8-3-4-9-20(19)29)25-17-18-7-5-11-26(2)22(18)21-10-6-16-30-21/h3-4,6,8-10,16,18,22,29H,5,7,11-15,17H2,1-2H3,(H,24,25). The molecule has 0 aliphatic carbocycles. The van der Waals surface area contributed by atoms with E-state index < -0.39 is 0 Å². The number of guanidine groups is 1. The fraction of sp³-hybridized carbons (Fsp3) is 0.522. The first-order valence-corrected chi connectivity index (χ1v) is 11.8. The molecule has 2 saturated heterocycles. The second kappa shape index (κ2) is 9.71. The number of rotatable bonds is 4. The van der Waals surface area contributed by atoms with Gasteiger partial charge < -0.3 is 20.2 Å². The van der Waals surface area contributed by atoms with Gasteiger partial charge in [-0.1, -0.05) is 18.2 Å². The largest absolute Gasteiger partial charge is 0.506 e. The van der Waals surface area contributed by atoms with E-state index in [0.29, 0.717) is 17.7 Å². The van der Waals surface area contributed by atoms with Crippen molar-refractivity contribution in [1.29, 1.82) is 0 Å². The molecule has 0 saturated carbocycles. The van der Waals surface area contributed by atoms with Gasteiger partial charge in [0.05, 0.1) is 5.69 Å². The van der Waals surface area contributed by atoms with Gasteiger partial charge in [0.1, 0.15) is 5.75 Å². The predicted octanol–water partition coefficient (Wildman–Crippen LogP) is 3.23. The third-order valence-corrected chi connectivity index (χ3v) is 7.32. The number of anilines is 1. The molecule has 4 rings (SSSR count). The number of piperazine rings is 1. The first-order chi connectivity index (χ1) is 14.7. The van der Waals surface area contributed by atoms with Crippen LogP contribution in [0, 0.1) is 5.92 Å².